The van der Waals surface area contributed by atoms with E-state index in [9.17, 15) is 15.3 Å². The summed E-state index contributed by atoms with van der Waals surface area (Å²) in [5.41, 5.74) is 1.98. The van der Waals surface area contributed by atoms with E-state index in [4.69, 9.17) is 4.74 Å². The molecule has 0 radical (unpaired) electrons. The monoisotopic (exact) mass is 369 g/mol. The number of rotatable bonds is 3. The van der Waals surface area contributed by atoms with Gasteiger partial charge in [0.25, 0.3) is 0 Å². The topological polar surface area (TPSA) is 73.2 Å². The van der Waals surface area contributed by atoms with Crippen LogP contribution in [-0.4, -0.2) is 57.7 Å². The molecule has 6 rings (SSSR count). The highest BCUT2D eigenvalue weighted by molar-refractivity contribution is 5.64. The van der Waals surface area contributed by atoms with Crippen molar-refractivity contribution in [2.45, 2.75) is 61.7 Å². The van der Waals surface area contributed by atoms with Crippen LogP contribution < -0.4 is 4.74 Å². The van der Waals surface area contributed by atoms with Crippen molar-refractivity contribution in [1.82, 2.24) is 4.90 Å². The van der Waals surface area contributed by atoms with E-state index in [-0.39, 0.29) is 24.5 Å². The van der Waals surface area contributed by atoms with Gasteiger partial charge >= 0.3 is 0 Å². The molecule has 3 fully saturated rings. The molecule has 5 aliphatic rings. The van der Waals surface area contributed by atoms with Gasteiger partial charge in [-0.25, -0.2) is 0 Å². The number of phenolic OH excluding ortho intramolecular Hbond substituents is 1. The van der Waals surface area contributed by atoms with E-state index < -0.39 is 11.0 Å². The van der Waals surface area contributed by atoms with Gasteiger partial charge in [-0.15, -0.1) is 0 Å². The number of nitrogens with zero attached hydrogens (tertiary/aromatic N) is 1. The molecule has 1 unspecified atom stereocenters. The van der Waals surface area contributed by atoms with Gasteiger partial charge in [0, 0.05) is 18.2 Å². The van der Waals surface area contributed by atoms with Gasteiger partial charge in [-0.2, -0.15) is 0 Å². The Morgan fingerprint density at radius 1 is 1.26 bits per heavy atom. The average molecular weight is 369 g/mol. The molecule has 27 heavy (non-hydrogen) atoms. The molecule has 5 nitrogen and oxygen atoms in total. The normalized spacial score (nSPS) is 40.7. The van der Waals surface area contributed by atoms with Crippen LogP contribution in [-0.2, 0) is 11.8 Å². The van der Waals surface area contributed by atoms with Crippen LogP contribution in [0.3, 0.4) is 0 Å². The average Bonchev–Trinajstić information content (AvgIpc) is 3.39. The Morgan fingerprint density at radius 3 is 2.89 bits per heavy atom. The van der Waals surface area contributed by atoms with Crippen molar-refractivity contribution in [2.24, 2.45) is 5.92 Å². The predicted molar refractivity (Wildman–Crippen MR) is 100.0 cm³/mol. The molecule has 3 aliphatic carbocycles. The molecule has 3 N–H and O–H groups in total. The molecule has 0 amide bonds. The highest BCUT2D eigenvalue weighted by Crippen LogP contribution is 2.66. The fourth-order valence-corrected chi connectivity index (χ4v) is 6.66. The summed E-state index contributed by atoms with van der Waals surface area (Å²) in [7, 11) is 0. The molecule has 2 bridgehead atoms. The number of aliphatic hydroxyl groups is 2. The molecule has 2 aliphatic heterocycles. The second-order valence-corrected chi connectivity index (χ2v) is 9.21. The first-order chi connectivity index (χ1) is 13.1. The SMILES string of the molecule is OC/C=C1/CC[C@@]2(O)[C@H]3Cc4ccc(O)c5c4[C@@]2(CCN3CC2CC2)C1O5. The van der Waals surface area contributed by atoms with Crippen LogP contribution in [0.2, 0.25) is 0 Å². The fourth-order valence-electron chi connectivity index (χ4n) is 6.66. The minimum atomic E-state index is -0.844. The Kier molecular flexibility index (Phi) is 3.21. The lowest BCUT2D eigenvalue weighted by atomic mass is 9.48. The molecule has 1 aromatic carbocycles. The Morgan fingerprint density at radius 2 is 2.11 bits per heavy atom. The maximum Gasteiger partial charge on any atom is 0.166 e. The Hall–Kier alpha value is -1.56. The number of piperidine rings is 1. The summed E-state index contributed by atoms with van der Waals surface area (Å²) in [4.78, 5) is 2.54. The lowest BCUT2D eigenvalue weighted by Gasteiger charge is -2.63. The number of hydrogen-bond donors (Lipinski definition) is 3. The summed E-state index contributed by atoms with van der Waals surface area (Å²) >= 11 is 0. The summed E-state index contributed by atoms with van der Waals surface area (Å²) in [6.07, 6.45) is 7.29. The highest BCUT2D eigenvalue weighted by atomic mass is 16.5. The molecule has 0 aromatic heterocycles. The zero-order valence-electron chi connectivity index (χ0n) is 15.5. The number of aromatic hydroxyl groups is 1. The number of phenols is 1. The number of benzene rings is 1. The highest BCUT2D eigenvalue weighted by Gasteiger charge is 2.72. The summed E-state index contributed by atoms with van der Waals surface area (Å²) in [5.74, 6) is 1.53. The molecular formula is C22H27NO4. The smallest absolute Gasteiger partial charge is 0.166 e. The third-order valence-electron chi connectivity index (χ3n) is 8.00. The van der Waals surface area contributed by atoms with E-state index in [0.717, 1.165) is 49.4 Å². The van der Waals surface area contributed by atoms with Crippen LogP contribution in [0, 0.1) is 5.92 Å². The van der Waals surface area contributed by atoms with Crippen molar-refractivity contribution in [3.8, 4) is 11.5 Å². The lowest BCUT2D eigenvalue weighted by Crippen LogP contribution is -2.75. The number of hydrogen-bond acceptors (Lipinski definition) is 5. The van der Waals surface area contributed by atoms with Gasteiger partial charge in [0.05, 0.1) is 17.6 Å². The van der Waals surface area contributed by atoms with Crippen LogP contribution in [0.1, 0.15) is 43.2 Å². The van der Waals surface area contributed by atoms with Gasteiger partial charge in [0.2, 0.25) is 0 Å². The van der Waals surface area contributed by atoms with Gasteiger partial charge < -0.3 is 20.1 Å². The first kappa shape index (κ1) is 16.4. The number of likely N-dealkylation sites (tertiary alicyclic amines) is 1. The summed E-state index contributed by atoms with van der Waals surface area (Å²) in [5, 5.41) is 32.2. The maximum absolute atomic E-state index is 12.2. The van der Waals surface area contributed by atoms with E-state index in [1.54, 1.807) is 6.07 Å². The van der Waals surface area contributed by atoms with Gasteiger partial charge in [-0.3, -0.25) is 4.90 Å². The van der Waals surface area contributed by atoms with Crippen molar-refractivity contribution < 1.29 is 20.1 Å². The van der Waals surface area contributed by atoms with Crippen molar-refractivity contribution in [1.29, 1.82) is 0 Å². The minimum Gasteiger partial charge on any atom is -0.504 e. The Labute approximate surface area is 159 Å². The largest absolute Gasteiger partial charge is 0.504 e. The second kappa shape index (κ2) is 5.28. The van der Waals surface area contributed by atoms with Crippen LogP contribution in [0.4, 0.5) is 0 Å². The summed E-state index contributed by atoms with van der Waals surface area (Å²) in [6, 6.07) is 3.87. The molecule has 1 aromatic rings. The van der Waals surface area contributed by atoms with Crippen molar-refractivity contribution >= 4 is 0 Å². The van der Waals surface area contributed by atoms with Crippen LogP contribution in [0.15, 0.2) is 23.8 Å². The molecule has 2 saturated carbocycles. The maximum atomic E-state index is 12.2. The van der Waals surface area contributed by atoms with Crippen molar-refractivity contribution in [3.05, 3.63) is 34.9 Å². The zero-order valence-corrected chi connectivity index (χ0v) is 15.5. The number of aliphatic hydroxyl groups excluding tert-OH is 1. The molecule has 5 heteroatoms. The zero-order chi connectivity index (χ0) is 18.4. The first-order valence-corrected chi connectivity index (χ1v) is 10.4. The summed E-state index contributed by atoms with van der Waals surface area (Å²) < 4.78 is 6.36. The summed E-state index contributed by atoms with van der Waals surface area (Å²) in [6.45, 7) is 2.04. The quantitative estimate of drug-likeness (QED) is 0.710. The van der Waals surface area contributed by atoms with E-state index >= 15 is 0 Å². The molecule has 2 heterocycles. The van der Waals surface area contributed by atoms with Crippen LogP contribution >= 0.6 is 0 Å². The van der Waals surface area contributed by atoms with E-state index in [0.29, 0.717) is 12.2 Å². The Balaban J connectivity index is 1.56. The molecule has 1 saturated heterocycles. The van der Waals surface area contributed by atoms with Crippen molar-refractivity contribution in [2.75, 3.05) is 19.7 Å². The van der Waals surface area contributed by atoms with Crippen molar-refractivity contribution in [3.63, 3.8) is 0 Å². The van der Waals surface area contributed by atoms with Gasteiger partial charge in [-0.05, 0) is 68.2 Å². The second-order valence-electron chi connectivity index (χ2n) is 9.21. The van der Waals surface area contributed by atoms with E-state index in [1.165, 1.54) is 18.4 Å². The molecule has 4 atom stereocenters. The van der Waals surface area contributed by atoms with E-state index in [2.05, 4.69) is 4.90 Å². The lowest BCUT2D eigenvalue weighted by molar-refractivity contribution is -0.174. The van der Waals surface area contributed by atoms with Gasteiger partial charge in [0.15, 0.2) is 11.5 Å². The Bertz CT molecular complexity index is 847. The predicted octanol–water partition coefficient (Wildman–Crippen LogP) is 1.87. The standard InChI is InChI=1S/C22H27NO4/c24-10-6-14-5-7-22(26)17-11-15-3-4-16(25)19-18(15)21(22,20(14)27-19)8-9-23(17)12-13-1-2-13/h3-4,6,13,17,20,24-26H,1-2,5,7-12H2/b14-6-/t17-,20?,21+,22-/m1/s1. The van der Waals surface area contributed by atoms with Crippen LogP contribution in [0.25, 0.3) is 0 Å². The van der Waals surface area contributed by atoms with Gasteiger partial charge in [-0.1, -0.05) is 12.1 Å². The molecular weight excluding hydrogens is 342 g/mol. The van der Waals surface area contributed by atoms with Gasteiger partial charge in [0.1, 0.15) is 6.10 Å². The number of ether oxygens (including phenoxy) is 1. The minimum absolute atomic E-state index is 0.0177. The van der Waals surface area contributed by atoms with E-state index in [1.807, 2.05) is 12.1 Å². The molecule has 144 valence electrons. The third kappa shape index (κ3) is 1.90. The van der Waals surface area contributed by atoms with Crippen LogP contribution in [0.5, 0.6) is 11.5 Å². The third-order valence-corrected chi connectivity index (χ3v) is 8.00. The molecule has 1 spiro atoms. The fraction of sp³-hybridized carbons (Fsp3) is 0.636. The first-order valence-electron chi connectivity index (χ1n) is 10.4.